The number of benzene rings is 2. The molecule has 0 atom stereocenters. The van der Waals surface area contributed by atoms with E-state index in [0.29, 0.717) is 5.56 Å². The number of aromatic nitrogens is 4. The summed E-state index contributed by atoms with van der Waals surface area (Å²) in [5.41, 5.74) is 1.58. The van der Waals surface area contributed by atoms with Crippen LogP contribution in [0.15, 0.2) is 59.6 Å². The molecule has 6 nitrogen and oxygen atoms in total. The molecule has 0 unspecified atom stereocenters. The van der Waals surface area contributed by atoms with Gasteiger partial charge in [0.15, 0.2) is 15.7 Å². The second kappa shape index (κ2) is 6.45. The molecular formula is C19H15F3N4O2S. The summed E-state index contributed by atoms with van der Waals surface area (Å²) >= 11 is 0. The Hall–Kier alpha value is -3.14. The quantitative estimate of drug-likeness (QED) is 0.505. The molecule has 0 spiro atoms. The Balaban J connectivity index is 1.96. The van der Waals surface area contributed by atoms with Gasteiger partial charge in [0.1, 0.15) is 0 Å². The van der Waals surface area contributed by atoms with Crippen LogP contribution in [0, 0.1) is 0 Å². The second-order valence-corrected chi connectivity index (χ2v) is 8.62. The lowest BCUT2D eigenvalue weighted by molar-refractivity contribution is -0.144. The van der Waals surface area contributed by atoms with Crippen LogP contribution >= 0.6 is 0 Å². The van der Waals surface area contributed by atoms with Gasteiger partial charge in [-0.05, 0) is 30.3 Å². The van der Waals surface area contributed by atoms with Crippen LogP contribution in [0.1, 0.15) is 5.82 Å². The van der Waals surface area contributed by atoms with Gasteiger partial charge in [-0.3, -0.25) is 0 Å². The largest absolute Gasteiger partial charge is 0.453 e. The van der Waals surface area contributed by atoms with Crippen LogP contribution in [0.3, 0.4) is 0 Å². The van der Waals surface area contributed by atoms with Gasteiger partial charge < -0.3 is 4.57 Å². The maximum Gasteiger partial charge on any atom is 0.453 e. The number of aryl methyl sites for hydroxylation is 1. The van der Waals surface area contributed by atoms with Crippen molar-refractivity contribution >= 4 is 20.7 Å². The molecule has 0 fully saturated rings. The number of sulfone groups is 1. The van der Waals surface area contributed by atoms with Gasteiger partial charge >= 0.3 is 6.18 Å². The Kier molecular flexibility index (Phi) is 4.26. The lowest BCUT2D eigenvalue weighted by Gasteiger charge is -2.06. The van der Waals surface area contributed by atoms with E-state index in [0.717, 1.165) is 21.8 Å². The van der Waals surface area contributed by atoms with Crippen molar-refractivity contribution in [3.8, 4) is 17.1 Å². The van der Waals surface area contributed by atoms with Gasteiger partial charge in [-0.15, -0.1) is 5.10 Å². The summed E-state index contributed by atoms with van der Waals surface area (Å²) < 4.78 is 66.2. The fourth-order valence-corrected chi connectivity index (χ4v) is 3.77. The van der Waals surface area contributed by atoms with Crippen molar-refractivity contribution in [3.63, 3.8) is 0 Å². The van der Waals surface area contributed by atoms with Gasteiger partial charge in [0, 0.05) is 36.0 Å². The van der Waals surface area contributed by atoms with Crippen LogP contribution in [0.25, 0.3) is 28.0 Å². The molecule has 0 radical (unpaired) electrons. The molecule has 0 saturated heterocycles. The molecule has 2 aromatic heterocycles. The zero-order valence-electron chi connectivity index (χ0n) is 15.3. The Morgan fingerprint density at radius 3 is 2.28 bits per heavy atom. The number of para-hydroxylation sites is 1. The molecule has 0 aliphatic rings. The first-order chi connectivity index (χ1) is 13.6. The van der Waals surface area contributed by atoms with Crippen molar-refractivity contribution in [3.05, 3.63) is 60.6 Å². The van der Waals surface area contributed by atoms with Gasteiger partial charge in [-0.1, -0.05) is 18.2 Å². The maximum absolute atomic E-state index is 13.3. The van der Waals surface area contributed by atoms with Crippen molar-refractivity contribution in [2.75, 3.05) is 6.26 Å². The highest BCUT2D eigenvalue weighted by Gasteiger charge is 2.37. The average molecular weight is 420 g/mol. The van der Waals surface area contributed by atoms with Crippen molar-refractivity contribution in [1.29, 1.82) is 0 Å². The smallest absolute Gasteiger partial charge is 0.350 e. The highest BCUT2D eigenvalue weighted by atomic mass is 32.2. The summed E-state index contributed by atoms with van der Waals surface area (Å²) in [7, 11) is -1.65. The van der Waals surface area contributed by atoms with E-state index in [1.165, 1.54) is 24.3 Å². The first-order valence-electron chi connectivity index (χ1n) is 8.45. The number of hydrogen-bond donors (Lipinski definition) is 0. The summed E-state index contributed by atoms with van der Waals surface area (Å²) in [6.45, 7) is 0. The van der Waals surface area contributed by atoms with E-state index in [1.807, 2.05) is 12.1 Å². The fourth-order valence-electron chi connectivity index (χ4n) is 3.14. The minimum absolute atomic E-state index is 0.0150. The molecule has 2 heterocycles. The molecule has 29 heavy (non-hydrogen) atoms. The van der Waals surface area contributed by atoms with Crippen LogP contribution < -0.4 is 0 Å². The van der Waals surface area contributed by atoms with Crippen molar-refractivity contribution in [2.24, 2.45) is 7.05 Å². The van der Waals surface area contributed by atoms with Crippen LogP contribution in [0.2, 0.25) is 0 Å². The predicted octanol–water partition coefficient (Wildman–Crippen LogP) is 3.85. The Bertz CT molecular complexity index is 1320. The first kappa shape index (κ1) is 19.2. The van der Waals surface area contributed by atoms with E-state index < -0.39 is 21.8 Å². The Morgan fingerprint density at radius 1 is 1.00 bits per heavy atom. The summed E-state index contributed by atoms with van der Waals surface area (Å²) in [4.78, 5) is 3.82. The van der Waals surface area contributed by atoms with E-state index in [2.05, 4.69) is 10.1 Å². The van der Waals surface area contributed by atoms with Crippen molar-refractivity contribution in [2.45, 2.75) is 11.1 Å². The first-order valence-corrected chi connectivity index (χ1v) is 10.3. The lowest BCUT2D eigenvalue weighted by Crippen LogP contribution is -2.08. The van der Waals surface area contributed by atoms with Crippen molar-refractivity contribution in [1.82, 2.24) is 19.3 Å². The molecule has 0 bridgehead atoms. The second-order valence-electron chi connectivity index (χ2n) is 6.61. The predicted molar refractivity (Wildman–Crippen MR) is 101 cm³/mol. The monoisotopic (exact) mass is 420 g/mol. The summed E-state index contributed by atoms with van der Waals surface area (Å²) in [5.74, 6) is -1.26. The van der Waals surface area contributed by atoms with Crippen LogP contribution in [-0.4, -0.2) is 34.0 Å². The SMILES string of the molecule is Cn1cc(-c2nc(C(F)(F)F)nn2-c2ccc(S(C)(=O)=O)cc2)c2ccccc21. The third-order valence-corrected chi connectivity index (χ3v) is 5.64. The normalized spacial score (nSPS) is 12.6. The third kappa shape index (κ3) is 3.39. The third-order valence-electron chi connectivity index (χ3n) is 4.51. The topological polar surface area (TPSA) is 69.8 Å². The summed E-state index contributed by atoms with van der Waals surface area (Å²) in [6.07, 6.45) is -1.98. The summed E-state index contributed by atoms with van der Waals surface area (Å²) in [5, 5.41) is 4.38. The molecule has 0 saturated carbocycles. The van der Waals surface area contributed by atoms with Gasteiger partial charge in [-0.2, -0.15) is 13.2 Å². The van der Waals surface area contributed by atoms with E-state index in [4.69, 9.17) is 0 Å². The molecule has 2 aromatic carbocycles. The Morgan fingerprint density at radius 2 is 1.66 bits per heavy atom. The molecule has 10 heteroatoms. The van der Waals surface area contributed by atoms with Crippen LogP contribution in [-0.2, 0) is 23.1 Å². The molecule has 150 valence electrons. The number of fused-ring (bicyclic) bond motifs is 1. The zero-order chi connectivity index (χ0) is 21.0. The molecule has 4 rings (SSSR count). The molecular weight excluding hydrogens is 405 g/mol. The number of hydrogen-bond acceptors (Lipinski definition) is 4. The van der Waals surface area contributed by atoms with E-state index in [1.54, 1.807) is 29.9 Å². The summed E-state index contributed by atoms with van der Waals surface area (Å²) in [6, 6.07) is 12.7. The number of rotatable bonds is 3. The van der Waals surface area contributed by atoms with Crippen LogP contribution in [0.4, 0.5) is 13.2 Å². The fraction of sp³-hybridized carbons (Fsp3) is 0.158. The highest BCUT2D eigenvalue weighted by Crippen LogP contribution is 2.34. The zero-order valence-corrected chi connectivity index (χ0v) is 16.2. The van der Waals surface area contributed by atoms with Gasteiger partial charge in [0.05, 0.1) is 10.6 Å². The average Bonchev–Trinajstić information content (AvgIpc) is 3.23. The van der Waals surface area contributed by atoms with Crippen molar-refractivity contribution < 1.29 is 21.6 Å². The molecule has 4 aromatic rings. The van der Waals surface area contributed by atoms with Crippen LogP contribution in [0.5, 0.6) is 0 Å². The number of alkyl halides is 3. The molecule has 0 aliphatic heterocycles. The number of halogens is 3. The lowest BCUT2D eigenvalue weighted by atomic mass is 10.1. The van der Waals surface area contributed by atoms with Gasteiger partial charge in [0.25, 0.3) is 5.82 Å². The van der Waals surface area contributed by atoms with Gasteiger partial charge in [-0.25, -0.2) is 18.1 Å². The standard InChI is InChI=1S/C19H15F3N4O2S/c1-25-11-15(14-5-3-4-6-16(14)25)17-23-18(19(20,21)22)24-26(17)12-7-9-13(10-8-12)29(2,27)28/h3-11H,1-2H3. The van der Waals surface area contributed by atoms with E-state index in [9.17, 15) is 21.6 Å². The highest BCUT2D eigenvalue weighted by molar-refractivity contribution is 7.90. The molecule has 0 N–H and O–H groups in total. The number of nitrogens with zero attached hydrogens (tertiary/aromatic N) is 4. The van der Waals surface area contributed by atoms with E-state index >= 15 is 0 Å². The minimum atomic E-state index is -4.72. The minimum Gasteiger partial charge on any atom is -0.350 e. The molecule has 0 aliphatic carbocycles. The molecule has 0 amide bonds. The van der Waals surface area contributed by atoms with Gasteiger partial charge in [0.2, 0.25) is 0 Å². The van der Waals surface area contributed by atoms with E-state index in [-0.39, 0.29) is 16.4 Å². The Labute approximate surface area is 164 Å². The maximum atomic E-state index is 13.3.